The third-order valence-electron chi connectivity index (χ3n) is 5.54. The van der Waals surface area contributed by atoms with Crippen molar-refractivity contribution < 1.29 is 30.5 Å². The molecule has 1 aliphatic rings. The fraction of sp³-hybridized carbons (Fsp3) is 0.0800. The van der Waals surface area contributed by atoms with Crippen molar-refractivity contribution in [1.29, 1.82) is 5.26 Å². The van der Waals surface area contributed by atoms with Crippen molar-refractivity contribution in [3.05, 3.63) is 117 Å². The van der Waals surface area contributed by atoms with Gasteiger partial charge in [-0.3, -0.25) is 0 Å². The number of para-hydroxylation sites is 1. The molecule has 1 unspecified atom stereocenters. The Morgan fingerprint density at radius 3 is 2.48 bits per heavy atom. The van der Waals surface area contributed by atoms with Gasteiger partial charge in [0, 0.05) is 12.1 Å². The first kappa shape index (κ1) is 22.1. The lowest BCUT2D eigenvalue weighted by Crippen LogP contribution is -3.00. The average Bonchev–Trinajstić information content (AvgIpc) is 2.80. The highest BCUT2D eigenvalue weighted by Gasteiger charge is 2.35. The minimum atomic E-state index is -0.743. The maximum Gasteiger partial charge on any atom is 0.344 e. The summed E-state index contributed by atoms with van der Waals surface area (Å²) in [4.78, 5) is 12.9. The van der Waals surface area contributed by atoms with Gasteiger partial charge in [-0.2, -0.15) is 5.26 Å². The fourth-order valence-electron chi connectivity index (χ4n) is 3.99. The Kier molecular flexibility index (Phi) is 5.86. The number of benzene rings is 2. The number of aromatic nitrogens is 1. The number of fused-ring (bicyclic) bond motifs is 3. The number of nitrogens with zero attached hydrogens (tertiary/aromatic N) is 2. The molecule has 0 fully saturated rings. The molecule has 0 spiro atoms. The summed E-state index contributed by atoms with van der Waals surface area (Å²) in [5, 5.41) is 10.4. The quantitative estimate of drug-likeness (QED) is 0.354. The van der Waals surface area contributed by atoms with Crippen LogP contribution in [0, 0.1) is 17.1 Å². The van der Waals surface area contributed by atoms with E-state index in [1.54, 1.807) is 67.0 Å². The molecular formula is C25H17ClFN3O3. The van der Waals surface area contributed by atoms with Crippen LogP contribution in [0.3, 0.4) is 0 Å². The Morgan fingerprint density at radius 2 is 1.76 bits per heavy atom. The number of ether oxygens (including phenoxy) is 1. The van der Waals surface area contributed by atoms with E-state index in [1.807, 2.05) is 4.57 Å². The number of rotatable bonds is 3. The minimum absolute atomic E-state index is 0. The van der Waals surface area contributed by atoms with E-state index in [2.05, 4.69) is 6.07 Å². The summed E-state index contributed by atoms with van der Waals surface area (Å²) in [5.41, 5.74) is 7.43. The van der Waals surface area contributed by atoms with Crippen LogP contribution in [-0.4, -0.2) is 0 Å². The highest BCUT2D eigenvalue weighted by atomic mass is 35.5. The lowest BCUT2D eigenvalue weighted by molar-refractivity contribution is -0.688. The van der Waals surface area contributed by atoms with Crippen LogP contribution in [0.4, 0.5) is 4.39 Å². The second-order valence-corrected chi connectivity index (χ2v) is 7.45. The van der Waals surface area contributed by atoms with E-state index >= 15 is 0 Å². The monoisotopic (exact) mass is 461 g/mol. The van der Waals surface area contributed by atoms with Crippen molar-refractivity contribution in [2.45, 2.75) is 12.5 Å². The molecule has 4 aromatic rings. The molecule has 0 saturated heterocycles. The van der Waals surface area contributed by atoms with Crippen LogP contribution in [0.5, 0.6) is 5.75 Å². The summed E-state index contributed by atoms with van der Waals surface area (Å²) in [6, 6.07) is 19.2. The van der Waals surface area contributed by atoms with Gasteiger partial charge in [0.05, 0.1) is 22.4 Å². The van der Waals surface area contributed by atoms with Crippen LogP contribution < -0.4 is 33.1 Å². The van der Waals surface area contributed by atoms with Gasteiger partial charge in [0.25, 0.3) is 0 Å². The summed E-state index contributed by atoms with van der Waals surface area (Å²) in [7, 11) is 0. The molecule has 1 aliphatic heterocycles. The molecule has 0 aliphatic carbocycles. The van der Waals surface area contributed by atoms with Gasteiger partial charge in [0.15, 0.2) is 24.7 Å². The van der Waals surface area contributed by atoms with E-state index in [-0.39, 0.29) is 35.2 Å². The topological polar surface area (TPSA) is 93.1 Å². The molecule has 3 heterocycles. The summed E-state index contributed by atoms with van der Waals surface area (Å²) in [6.45, 7) is 0.340. The van der Waals surface area contributed by atoms with Crippen molar-refractivity contribution in [2.24, 2.45) is 5.73 Å². The van der Waals surface area contributed by atoms with Gasteiger partial charge in [-0.25, -0.2) is 13.8 Å². The number of nitriles is 1. The zero-order valence-electron chi connectivity index (χ0n) is 17.2. The lowest BCUT2D eigenvalue weighted by atomic mass is 9.84. The van der Waals surface area contributed by atoms with Gasteiger partial charge in [-0.15, -0.1) is 0 Å². The molecule has 33 heavy (non-hydrogen) atoms. The first-order valence-electron chi connectivity index (χ1n) is 9.92. The molecule has 6 nitrogen and oxygen atoms in total. The molecule has 0 amide bonds. The zero-order chi connectivity index (χ0) is 22.2. The third kappa shape index (κ3) is 3.81. The number of hydrogen-bond acceptors (Lipinski definition) is 5. The molecule has 2 aromatic heterocycles. The summed E-state index contributed by atoms with van der Waals surface area (Å²) in [6.07, 6.45) is 3.54. The number of hydrogen-bond donors (Lipinski definition) is 1. The Morgan fingerprint density at radius 1 is 1.06 bits per heavy atom. The Labute approximate surface area is 194 Å². The van der Waals surface area contributed by atoms with Gasteiger partial charge in [0.1, 0.15) is 23.0 Å². The van der Waals surface area contributed by atoms with Crippen LogP contribution in [-0.2, 0) is 6.54 Å². The Hall–Kier alpha value is -4.15. The lowest BCUT2D eigenvalue weighted by Gasteiger charge is -2.25. The minimum Gasteiger partial charge on any atom is -1.00 e. The Balaban J connectivity index is 0.00000259. The van der Waals surface area contributed by atoms with Crippen LogP contribution in [0.15, 0.2) is 93.7 Å². The molecule has 0 bridgehead atoms. The SMILES string of the molecule is N#CC1=C(N)Oc2c(c(=O)oc3ccccc23)C1c1cc[n+](Cc2ccccc2F)cc1.[Cl-]. The van der Waals surface area contributed by atoms with E-state index in [0.717, 1.165) is 0 Å². The van der Waals surface area contributed by atoms with Crippen molar-refractivity contribution in [3.63, 3.8) is 0 Å². The van der Waals surface area contributed by atoms with Crippen molar-refractivity contribution in [1.82, 2.24) is 0 Å². The fourth-order valence-corrected chi connectivity index (χ4v) is 3.99. The van der Waals surface area contributed by atoms with Gasteiger partial charge < -0.3 is 27.3 Å². The van der Waals surface area contributed by atoms with Crippen LogP contribution in [0.25, 0.3) is 11.0 Å². The average molecular weight is 462 g/mol. The maximum atomic E-state index is 14.0. The van der Waals surface area contributed by atoms with Gasteiger partial charge in [-0.05, 0) is 29.8 Å². The second-order valence-electron chi connectivity index (χ2n) is 7.45. The molecule has 0 saturated carbocycles. The number of allylic oxidation sites excluding steroid dienone is 1. The van der Waals surface area contributed by atoms with Crippen LogP contribution >= 0.6 is 0 Å². The normalized spacial score (nSPS) is 14.7. The number of halogens is 2. The Bertz CT molecular complexity index is 1490. The predicted molar refractivity (Wildman–Crippen MR) is 114 cm³/mol. The molecule has 0 radical (unpaired) electrons. The van der Waals surface area contributed by atoms with E-state index in [9.17, 15) is 14.4 Å². The molecule has 5 rings (SSSR count). The number of nitrogens with two attached hydrogens (primary N) is 1. The highest BCUT2D eigenvalue weighted by molar-refractivity contribution is 5.85. The predicted octanol–water partition coefficient (Wildman–Crippen LogP) is 0.490. The smallest absolute Gasteiger partial charge is 0.344 e. The summed E-state index contributed by atoms with van der Waals surface area (Å²) >= 11 is 0. The maximum absolute atomic E-state index is 14.0. The zero-order valence-corrected chi connectivity index (χ0v) is 17.9. The van der Waals surface area contributed by atoms with Crippen molar-refractivity contribution >= 4 is 11.0 Å². The molecule has 2 aromatic carbocycles. The van der Waals surface area contributed by atoms with Gasteiger partial charge >= 0.3 is 5.63 Å². The second kappa shape index (κ2) is 8.77. The van der Waals surface area contributed by atoms with Crippen LogP contribution in [0.1, 0.15) is 22.6 Å². The molecule has 1 atom stereocenters. The van der Waals surface area contributed by atoms with Crippen LogP contribution in [0.2, 0.25) is 0 Å². The largest absolute Gasteiger partial charge is 1.00 e. The highest BCUT2D eigenvalue weighted by Crippen LogP contribution is 2.43. The van der Waals surface area contributed by atoms with Crippen molar-refractivity contribution in [2.75, 3.05) is 0 Å². The summed E-state index contributed by atoms with van der Waals surface area (Å²) < 4.78 is 27.0. The molecule has 8 heteroatoms. The van der Waals surface area contributed by atoms with Crippen molar-refractivity contribution in [3.8, 4) is 11.8 Å². The summed E-state index contributed by atoms with van der Waals surface area (Å²) in [5.74, 6) is -0.785. The first-order chi connectivity index (χ1) is 15.6. The van der Waals surface area contributed by atoms with Gasteiger partial charge in [-0.1, -0.05) is 24.3 Å². The first-order valence-corrected chi connectivity index (χ1v) is 9.92. The van der Waals surface area contributed by atoms with E-state index in [1.165, 1.54) is 6.07 Å². The van der Waals surface area contributed by atoms with E-state index in [4.69, 9.17) is 14.9 Å². The third-order valence-corrected chi connectivity index (χ3v) is 5.54. The number of pyridine rings is 1. The van der Waals surface area contributed by atoms with Gasteiger partial charge in [0.2, 0.25) is 5.88 Å². The molecular weight excluding hydrogens is 445 g/mol. The van der Waals surface area contributed by atoms with E-state index < -0.39 is 11.5 Å². The standard InChI is InChI=1S/C25H17FN3O3.ClH/c26-19-7-3-1-5-16(19)14-29-11-9-15(10-12-29)21-18(13-27)24(28)32-23-17-6-2-4-8-20(17)31-25(30)22(21)23;/h1-12,21H,14,28H2;1H/q+1;/p-1. The molecule has 164 valence electrons. The molecule has 2 N–H and O–H groups in total. The van der Waals surface area contributed by atoms with E-state index in [0.29, 0.717) is 34.4 Å².